The topological polar surface area (TPSA) is 64.0 Å². The normalized spacial score (nSPS) is 20.0. The van der Waals surface area contributed by atoms with Crippen LogP contribution in [0.15, 0.2) is 46.6 Å². The fourth-order valence-electron chi connectivity index (χ4n) is 3.88. The molecule has 1 aromatic heterocycles. The Bertz CT molecular complexity index is 1030. The number of aromatic nitrogens is 1. The van der Waals surface area contributed by atoms with Gasteiger partial charge in [-0.05, 0) is 54.4 Å². The number of rotatable bonds is 5. The molecule has 1 saturated carbocycles. The molecule has 1 aliphatic heterocycles. The maximum atomic E-state index is 13.4. The summed E-state index contributed by atoms with van der Waals surface area (Å²) >= 11 is 7.66. The molecular formula is C23H24ClN3O3S. The fourth-order valence-corrected chi connectivity index (χ4v) is 5.09. The number of thioether (sulfide) groups is 1. The number of benzene rings is 1. The average Bonchev–Trinajstić information content (AvgIpc) is 3.10. The van der Waals surface area contributed by atoms with Gasteiger partial charge in [0.25, 0.3) is 5.91 Å². The van der Waals surface area contributed by atoms with E-state index in [0.717, 1.165) is 31.2 Å². The second kappa shape index (κ2) is 9.75. The molecular weight excluding hydrogens is 434 g/mol. The zero-order valence-electron chi connectivity index (χ0n) is 17.5. The van der Waals surface area contributed by atoms with Gasteiger partial charge >= 0.3 is 0 Å². The third kappa shape index (κ3) is 4.72. The van der Waals surface area contributed by atoms with Gasteiger partial charge < -0.3 is 9.47 Å². The highest BCUT2D eigenvalue weighted by atomic mass is 35.5. The van der Waals surface area contributed by atoms with E-state index >= 15 is 0 Å². The van der Waals surface area contributed by atoms with E-state index in [2.05, 4.69) is 4.98 Å². The molecule has 1 aliphatic carbocycles. The van der Waals surface area contributed by atoms with Gasteiger partial charge in [-0.3, -0.25) is 14.7 Å². The van der Waals surface area contributed by atoms with Gasteiger partial charge in [-0.1, -0.05) is 36.9 Å². The van der Waals surface area contributed by atoms with Crippen LogP contribution in [0.1, 0.15) is 37.7 Å². The molecule has 4 rings (SSSR count). The van der Waals surface area contributed by atoms with Gasteiger partial charge in [-0.15, -0.1) is 0 Å². The number of carbonyl (C=O) groups excluding carboxylic acids is 1. The molecule has 2 aromatic rings. The van der Waals surface area contributed by atoms with Crippen molar-refractivity contribution in [2.45, 2.75) is 38.1 Å². The molecule has 1 saturated heterocycles. The van der Waals surface area contributed by atoms with Crippen molar-refractivity contribution in [1.82, 2.24) is 9.88 Å². The van der Waals surface area contributed by atoms with E-state index in [1.54, 1.807) is 32.7 Å². The Labute approximate surface area is 191 Å². The number of amidine groups is 1. The van der Waals surface area contributed by atoms with Gasteiger partial charge in [0, 0.05) is 18.4 Å². The number of methoxy groups -OCH3 is 2. The van der Waals surface area contributed by atoms with Crippen LogP contribution in [-0.2, 0) is 4.79 Å². The second-order valence-electron chi connectivity index (χ2n) is 7.41. The summed E-state index contributed by atoms with van der Waals surface area (Å²) in [5, 5.41) is 1.13. The lowest BCUT2D eigenvalue weighted by Crippen LogP contribution is -2.40. The molecule has 0 N–H and O–H groups in total. The SMILES string of the molecule is COc1ccc(/C=C2\SC(=Nc3ccncc3Cl)N(C3CCCCC3)C2=O)cc1OC. The maximum absolute atomic E-state index is 13.4. The summed E-state index contributed by atoms with van der Waals surface area (Å²) in [5.74, 6) is 1.25. The summed E-state index contributed by atoms with van der Waals surface area (Å²) < 4.78 is 10.7. The minimum atomic E-state index is -0.0180. The minimum Gasteiger partial charge on any atom is -0.493 e. The Balaban J connectivity index is 1.71. The number of hydrogen-bond donors (Lipinski definition) is 0. The smallest absolute Gasteiger partial charge is 0.267 e. The predicted octanol–water partition coefficient (Wildman–Crippen LogP) is 5.69. The average molecular weight is 458 g/mol. The van der Waals surface area contributed by atoms with Gasteiger partial charge in [0.15, 0.2) is 16.7 Å². The van der Waals surface area contributed by atoms with Crippen molar-refractivity contribution < 1.29 is 14.3 Å². The Kier molecular flexibility index (Phi) is 6.83. The van der Waals surface area contributed by atoms with E-state index in [4.69, 9.17) is 26.1 Å². The highest BCUT2D eigenvalue weighted by Gasteiger charge is 2.38. The van der Waals surface area contributed by atoms with Crippen LogP contribution in [0.25, 0.3) is 6.08 Å². The standard InChI is InChI=1S/C23H24ClN3O3S/c1-29-19-9-8-15(12-20(19)30-2)13-21-22(28)27(16-6-4-3-5-7-16)23(31-21)26-18-10-11-25-14-17(18)24/h8-14,16H,3-7H2,1-2H3/b21-13-,26-23?. The van der Waals surface area contributed by atoms with E-state index in [-0.39, 0.29) is 11.9 Å². The van der Waals surface area contributed by atoms with Crippen LogP contribution in [-0.4, -0.2) is 41.2 Å². The lowest BCUT2D eigenvalue weighted by Gasteiger charge is -2.30. The molecule has 162 valence electrons. The summed E-state index contributed by atoms with van der Waals surface area (Å²) in [6, 6.07) is 7.51. The van der Waals surface area contributed by atoms with E-state index in [0.29, 0.717) is 32.3 Å². The third-order valence-corrected chi connectivity index (χ3v) is 6.72. The first-order chi connectivity index (χ1) is 15.1. The molecule has 1 aromatic carbocycles. The van der Waals surface area contributed by atoms with E-state index in [1.807, 2.05) is 29.2 Å². The molecule has 6 nitrogen and oxygen atoms in total. The summed E-state index contributed by atoms with van der Waals surface area (Å²) in [6.45, 7) is 0. The minimum absolute atomic E-state index is 0.0180. The highest BCUT2D eigenvalue weighted by molar-refractivity contribution is 8.18. The van der Waals surface area contributed by atoms with Crippen LogP contribution >= 0.6 is 23.4 Å². The first-order valence-corrected chi connectivity index (χ1v) is 11.4. The quantitative estimate of drug-likeness (QED) is 0.540. The second-order valence-corrected chi connectivity index (χ2v) is 8.83. The lowest BCUT2D eigenvalue weighted by atomic mass is 9.94. The maximum Gasteiger partial charge on any atom is 0.267 e. The van der Waals surface area contributed by atoms with Crippen molar-refractivity contribution in [1.29, 1.82) is 0 Å². The summed E-state index contributed by atoms with van der Waals surface area (Å²) in [4.78, 5) is 24.7. The number of hydrogen-bond acceptors (Lipinski definition) is 6. The molecule has 31 heavy (non-hydrogen) atoms. The van der Waals surface area contributed by atoms with Crippen molar-refractivity contribution in [3.8, 4) is 11.5 Å². The zero-order chi connectivity index (χ0) is 21.8. The number of amides is 1. The van der Waals surface area contributed by atoms with E-state index in [1.165, 1.54) is 18.2 Å². The highest BCUT2D eigenvalue weighted by Crippen LogP contribution is 2.40. The number of halogens is 1. The monoisotopic (exact) mass is 457 g/mol. The summed E-state index contributed by atoms with van der Waals surface area (Å²) in [5.41, 5.74) is 1.47. The van der Waals surface area contributed by atoms with Crippen LogP contribution < -0.4 is 9.47 Å². The number of nitrogens with zero attached hydrogens (tertiary/aromatic N) is 3. The van der Waals surface area contributed by atoms with Gasteiger partial charge in [0.05, 0.1) is 29.8 Å². The van der Waals surface area contributed by atoms with Crippen molar-refractivity contribution in [3.63, 3.8) is 0 Å². The van der Waals surface area contributed by atoms with Crippen molar-refractivity contribution in [2.75, 3.05) is 14.2 Å². The lowest BCUT2D eigenvalue weighted by molar-refractivity contribution is -0.124. The van der Waals surface area contributed by atoms with Crippen molar-refractivity contribution in [2.24, 2.45) is 4.99 Å². The van der Waals surface area contributed by atoms with Crippen molar-refractivity contribution in [3.05, 3.63) is 52.2 Å². The molecule has 0 bridgehead atoms. The molecule has 0 unspecified atom stereocenters. The van der Waals surface area contributed by atoms with Crippen LogP contribution in [0.4, 0.5) is 5.69 Å². The molecule has 0 atom stereocenters. The molecule has 0 radical (unpaired) electrons. The number of carbonyl (C=O) groups is 1. The van der Waals surface area contributed by atoms with Gasteiger partial charge in [-0.2, -0.15) is 0 Å². The number of pyridine rings is 1. The number of ether oxygens (including phenoxy) is 2. The summed E-state index contributed by atoms with van der Waals surface area (Å²) in [7, 11) is 3.19. The van der Waals surface area contributed by atoms with Crippen molar-refractivity contribution >= 4 is 46.2 Å². The van der Waals surface area contributed by atoms with Crippen LogP contribution in [0.2, 0.25) is 5.02 Å². The predicted molar refractivity (Wildman–Crippen MR) is 125 cm³/mol. The largest absolute Gasteiger partial charge is 0.493 e. The Hall–Kier alpha value is -2.51. The van der Waals surface area contributed by atoms with Gasteiger partial charge in [0.1, 0.15) is 0 Å². The van der Waals surface area contributed by atoms with Crippen LogP contribution in [0.3, 0.4) is 0 Å². The van der Waals surface area contributed by atoms with Gasteiger partial charge in [-0.25, -0.2) is 4.99 Å². The van der Waals surface area contributed by atoms with E-state index in [9.17, 15) is 4.79 Å². The molecule has 0 spiro atoms. The van der Waals surface area contributed by atoms with Crippen LogP contribution in [0.5, 0.6) is 11.5 Å². The fraction of sp³-hybridized carbons (Fsp3) is 0.348. The molecule has 2 aliphatic rings. The van der Waals surface area contributed by atoms with Crippen LogP contribution in [0, 0.1) is 0 Å². The van der Waals surface area contributed by atoms with E-state index < -0.39 is 0 Å². The Morgan fingerprint density at radius 2 is 1.94 bits per heavy atom. The molecule has 2 fully saturated rings. The van der Waals surface area contributed by atoms with Gasteiger partial charge in [0.2, 0.25) is 0 Å². The Morgan fingerprint density at radius 3 is 2.65 bits per heavy atom. The Morgan fingerprint density at radius 1 is 1.16 bits per heavy atom. The number of aliphatic imine (C=N–C) groups is 1. The summed E-state index contributed by atoms with van der Waals surface area (Å²) in [6.07, 6.45) is 10.5. The molecule has 2 heterocycles. The third-order valence-electron chi connectivity index (χ3n) is 5.45. The first-order valence-electron chi connectivity index (χ1n) is 10.2. The zero-order valence-corrected chi connectivity index (χ0v) is 19.1. The first kappa shape index (κ1) is 21.7. The molecule has 8 heteroatoms. The molecule has 1 amide bonds.